The highest BCUT2D eigenvalue weighted by molar-refractivity contribution is 5.05. The Labute approximate surface area is 120 Å². The standard InChI is InChI=1S/C16H22N4/c1-2-4-8-14(7-3-1)16-13-20(19-18-16)12-10-15-9-5-6-11-17-15/h5-6,9,11,13-14H,1-4,7-8,10,12H2. The van der Waals surface area contributed by atoms with Crippen molar-refractivity contribution in [3.8, 4) is 0 Å². The van der Waals surface area contributed by atoms with Crippen molar-refractivity contribution in [1.82, 2.24) is 20.0 Å². The second-order valence-corrected chi connectivity index (χ2v) is 5.67. The van der Waals surface area contributed by atoms with Gasteiger partial charge in [0.05, 0.1) is 5.69 Å². The normalized spacial score (nSPS) is 17.0. The zero-order valence-electron chi connectivity index (χ0n) is 11.9. The molecule has 20 heavy (non-hydrogen) atoms. The summed E-state index contributed by atoms with van der Waals surface area (Å²) in [5.74, 6) is 0.626. The lowest BCUT2D eigenvalue weighted by molar-refractivity contribution is 0.573. The van der Waals surface area contributed by atoms with Crippen LogP contribution in [-0.2, 0) is 13.0 Å². The van der Waals surface area contributed by atoms with Gasteiger partial charge in [-0.05, 0) is 25.0 Å². The Morgan fingerprint density at radius 1 is 1.10 bits per heavy atom. The molecule has 0 spiro atoms. The first-order valence-corrected chi connectivity index (χ1v) is 7.72. The molecule has 1 saturated carbocycles. The second-order valence-electron chi connectivity index (χ2n) is 5.67. The fourth-order valence-electron chi connectivity index (χ4n) is 2.96. The van der Waals surface area contributed by atoms with Gasteiger partial charge in [0, 0.05) is 37.0 Å². The van der Waals surface area contributed by atoms with E-state index in [4.69, 9.17) is 0 Å². The molecular formula is C16H22N4. The molecule has 1 aliphatic rings. The highest BCUT2D eigenvalue weighted by atomic mass is 15.4. The first kappa shape index (κ1) is 13.3. The first-order chi connectivity index (χ1) is 9.92. The molecule has 2 aromatic heterocycles. The predicted molar refractivity (Wildman–Crippen MR) is 78.4 cm³/mol. The monoisotopic (exact) mass is 270 g/mol. The van der Waals surface area contributed by atoms with Gasteiger partial charge in [0.15, 0.2) is 0 Å². The van der Waals surface area contributed by atoms with E-state index in [-0.39, 0.29) is 0 Å². The van der Waals surface area contributed by atoms with E-state index in [0.29, 0.717) is 5.92 Å². The smallest absolute Gasteiger partial charge is 0.0857 e. The fourth-order valence-corrected chi connectivity index (χ4v) is 2.96. The average Bonchev–Trinajstić information content (AvgIpc) is 2.80. The van der Waals surface area contributed by atoms with E-state index in [1.807, 2.05) is 23.0 Å². The zero-order chi connectivity index (χ0) is 13.6. The third-order valence-corrected chi connectivity index (χ3v) is 4.15. The number of hydrogen-bond donors (Lipinski definition) is 0. The van der Waals surface area contributed by atoms with Gasteiger partial charge in [-0.2, -0.15) is 0 Å². The summed E-state index contributed by atoms with van der Waals surface area (Å²) in [6.07, 6.45) is 12.9. The fraction of sp³-hybridized carbons (Fsp3) is 0.562. The van der Waals surface area contributed by atoms with E-state index >= 15 is 0 Å². The number of hydrogen-bond acceptors (Lipinski definition) is 3. The molecule has 0 bridgehead atoms. The lowest BCUT2D eigenvalue weighted by Gasteiger charge is -2.09. The maximum atomic E-state index is 4.39. The van der Waals surface area contributed by atoms with E-state index in [9.17, 15) is 0 Å². The summed E-state index contributed by atoms with van der Waals surface area (Å²) in [6, 6.07) is 6.03. The summed E-state index contributed by atoms with van der Waals surface area (Å²) in [6.45, 7) is 0.858. The number of pyridine rings is 1. The highest BCUT2D eigenvalue weighted by Crippen LogP contribution is 2.30. The van der Waals surface area contributed by atoms with Gasteiger partial charge in [0.25, 0.3) is 0 Å². The molecule has 0 atom stereocenters. The van der Waals surface area contributed by atoms with E-state index < -0.39 is 0 Å². The molecule has 0 N–H and O–H groups in total. The molecule has 1 aliphatic carbocycles. The van der Waals surface area contributed by atoms with Crippen LogP contribution in [0.25, 0.3) is 0 Å². The van der Waals surface area contributed by atoms with Gasteiger partial charge in [-0.15, -0.1) is 5.10 Å². The van der Waals surface area contributed by atoms with Gasteiger partial charge in [0.2, 0.25) is 0 Å². The van der Waals surface area contributed by atoms with Crippen LogP contribution in [0.4, 0.5) is 0 Å². The lowest BCUT2D eigenvalue weighted by atomic mass is 9.97. The summed E-state index contributed by atoms with van der Waals surface area (Å²) in [4.78, 5) is 4.34. The number of nitrogens with zero attached hydrogens (tertiary/aromatic N) is 4. The average molecular weight is 270 g/mol. The molecule has 3 rings (SSSR count). The lowest BCUT2D eigenvalue weighted by Crippen LogP contribution is -2.03. The predicted octanol–water partition coefficient (Wildman–Crippen LogP) is 3.35. The minimum Gasteiger partial charge on any atom is -0.261 e. The third-order valence-electron chi connectivity index (χ3n) is 4.15. The van der Waals surface area contributed by atoms with Crippen LogP contribution in [0.1, 0.15) is 55.8 Å². The van der Waals surface area contributed by atoms with Crippen LogP contribution in [0.3, 0.4) is 0 Å². The van der Waals surface area contributed by atoms with E-state index in [1.54, 1.807) is 0 Å². The third kappa shape index (κ3) is 3.44. The van der Waals surface area contributed by atoms with E-state index in [2.05, 4.69) is 27.6 Å². The Kier molecular flexibility index (Phi) is 4.41. The SMILES string of the molecule is c1ccc(CCn2cc(C3CCCCCC3)nn2)nc1. The van der Waals surface area contributed by atoms with Crippen LogP contribution >= 0.6 is 0 Å². The Balaban J connectivity index is 1.58. The zero-order valence-corrected chi connectivity index (χ0v) is 11.9. The first-order valence-electron chi connectivity index (χ1n) is 7.72. The van der Waals surface area contributed by atoms with Gasteiger partial charge < -0.3 is 0 Å². The quantitative estimate of drug-likeness (QED) is 0.800. The van der Waals surface area contributed by atoms with Crippen LogP contribution in [0, 0.1) is 0 Å². The summed E-state index contributed by atoms with van der Waals surface area (Å²) in [5, 5.41) is 8.66. The maximum absolute atomic E-state index is 4.39. The molecule has 0 unspecified atom stereocenters. The van der Waals surface area contributed by atoms with Crippen molar-refractivity contribution in [3.05, 3.63) is 42.0 Å². The Morgan fingerprint density at radius 2 is 1.95 bits per heavy atom. The van der Waals surface area contributed by atoms with Crippen molar-refractivity contribution in [2.75, 3.05) is 0 Å². The van der Waals surface area contributed by atoms with E-state index in [0.717, 1.165) is 18.7 Å². The van der Waals surface area contributed by atoms with Crippen molar-refractivity contribution in [3.63, 3.8) is 0 Å². The van der Waals surface area contributed by atoms with Crippen LogP contribution < -0.4 is 0 Å². The Bertz CT molecular complexity index is 512. The summed E-state index contributed by atoms with van der Waals surface area (Å²) in [5.41, 5.74) is 2.30. The van der Waals surface area contributed by atoms with Gasteiger partial charge >= 0.3 is 0 Å². The topological polar surface area (TPSA) is 43.6 Å². The van der Waals surface area contributed by atoms with E-state index in [1.165, 1.54) is 44.2 Å². The molecule has 2 heterocycles. The van der Waals surface area contributed by atoms with Gasteiger partial charge in [0.1, 0.15) is 0 Å². The minimum atomic E-state index is 0.626. The molecule has 0 aliphatic heterocycles. The van der Waals surface area contributed by atoms with Crippen LogP contribution in [0.15, 0.2) is 30.6 Å². The molecule has 0 saturated heterocycles. The molecule has 1 fully saturated rings. The maximum Gasteiger partial charge on any atom is 0.0857 e. The van der Waals surface area contributed by atoms with Gasteiger partial charge in [-0.25, -0.2) is 0 Å². The number of rotatable bonds is 4. The molecular weight excluding hydrogens is 248 g/mol. The van der Waals surface area contributed by atoms with Crippen molar-refractivity contribution in [2.45, 2.75) is 57.4 Å². The molecule has 2 aromatic rings. The highest BCUT2D eigenvalue weighted by Gasteiger charge is 2.17. The molecule has 106 valence electrons. The summed E-state index contributed by atoms with van der Waals surface area (Å²) < 4.78 is 1.97. The van der Waals surface area contributed by atoms with Crippen molar-refractivity contribution < 1.29 is 0 Å². The van der Waals surface area contributed by atoms with Gasteiger partial charge in [-0.3, -0.25) is 9.67 Å². The molecule has 4 nitrogen and oxygen atoms in total. The molecule has 0 radical (unpaired) electrons. The Morgan fingerprint density at radius 3 is 2.70 bits per heavy atom. The van der Waals surface area contributed by atoms with Crippen LogP contribution in [0.2, 0.25) is 0 Å². The summed E-state index contributed by atoms with van der Waals surface area (Å²) in [7, 11) is 0. The minimum absolute atomic E-state index is 0.626. The van der Waals surface area contributed by atoms with Gasteiger partial charge in [-0.1, -0.05) is 37.0 Å². The van der Waals surface area contributed by atoms with Crippen LogP contribution in [0.5, 0.6) is 0 Å². The van der Waals surface area contributed by atoms with Crippen LogP contribution in [-0.4, -0.2) is 20.0 Å². The molecule has 0 aromatic carbocycles. The van der Waals surface area contributed by atoms with Crippen molar-refractivity contribution in [2.24, 2.45) is 0 Å². The van der Waals surface area contributed by atoms with Crippen molar-refractivity contribution in [1.29, 1.82) is 0 Å². The summed E-state index contributed by atoms with van der Waals surface area (Å²) >= 11 is 0. The Hall–Kier alpha value is -1.71. The number of aryl methyl sites for hydroxylation is 2. The number of aromatic nitrogens is 4. The van der Waals surface area contributed by atoms with Crippen molar-refractivity contribution >= 4 is 0 Å². The molecule has 4 heteroatoms. The second kappa shape index (κ2) is 6.64. The molecule has 0 amide bonds. The largest absolute Gasteiger partial charge is 0.261 e.